The van der Waals surface area contributed by atoms with E-state index in [1.54, 1.807) is 0 Å². The molecule has 0 saturated carbocycles. The van der Waals surface area contributed by atoms with Gasteiger partial charge in [-0.05, 0) is 43.4 Å². The molecule has 1 fully saturated rings. The van der Waals surface area contributed by atoms with Crippen LogP contribution in [0.25, 0.3) is 0 Å². The Hall–Kier alpha value is -0.860. The molecule has 0 aromatic heterocycles. The smallest absolute Gasteiger partial charge is 0.0538 e. The van der Waals surface area contributed by atoms with Crippen LogP contribution < -0.4 is 5.73 Å². The Morgan fingerprint density at radius 1 is 1.31 bits per heavy atom. The third-order valence-electron chi connectivity index (χ3n) is 3.77. The highest BCUT2D eigenvalue weighted by atomic mass is 16.5. The Labute approximate surface area is 97.8 Å². The summed E-state index contributed by atoms with van der Waals surface area (Å²) >= 11 is 0. The molecule has 1 aromatic rings. The van der Waals surface area contributed by atoms with E-state index in [1.165, 1.54) is 16.7 Å². The number of aryl methyl sites for hydroxylation is 2. The molecule has 1 aliphatic heterocycles. The van der Waals surface area contributed by atoms with Crippen LogP contribution in [0.5, 0.6) is 0 Å². The fourth-order valence-electron chi connectivity index (χ4n) is 2.37. The van der Waals surface area contributed by atoms with E-state index in [9.17, 15) is 0 Å². The van der Waals surface area contributed by atoms with Gasteiger partial charge in [0.1, 0.15) is 0 Å². The van der Waals surface area contributed by atoms with Crippen molar-refractivity contribution < 1.29 is 4.74 Å². The molecule has 1 heterocycles. The van der Waals surface area contributed by atoms with Crippen LogP contribution in [0.1, 0.15) is 23.1 Å². The number of ether oxygens (including phenoxy) is 1. The fraction of sp³-hybridized carbons (Fsp3) is 0.571. The molecule has 1 aromatic carbocycles. The minimum absolute atomic E-state index is 0.182. The average Bonchev–Trinajstić information content (AvgIpc) is 2.73. The maximum atomic E-state index is 5.90. The summed E-state index contributed by atoms with van der Waals surface area (Å²) in [5.74, 6) is 0. The van der Waals surface area contributed by atoms with Crippen LogP contribution in [0.2, 0.25) is 0 Å². The van der Waals surface area contributed by atoms with Gasteiger partial charge >= 0.3 is 0 Å². The lowest BCUT2D eigenvalue weighted by molar-refractivity contribution is 0.154. The van der Waals surface area contributed by atoms with Crippen molar-refractivity contribution in [3.8, 4) is 0 Å². The van der Waals surface area contributed by atoms with Crippen molar-refractivity contribution in [3.05, 3.63) is 34.9 Å². The largest absolute Gasteiger partial charge is 0.381 e. The van der Waals surface area contributed by atoms with E-state index in [0.717, 1.165) is 32.6 Å². The summed E-state index contributed by atoms with van der Waals surface area (Å²) in [4.78, 5) is 0. The lowest BCUT2D eigenvalue weighted by atomic mass is 9.80. The van der Waals surface area contributed by atoms with Gasteiger partial charge in [0.25, 0.3) is 0 Å². The standard InChI is InChI=1S/C14H21NO/c1-11-3-4-13(7-12(11)2)8-14(9-15)5-6-16-10-14/h3-4,7H,5-6,8-10,15H2,1-2H3. The minimum atomic E-state index is 0.182. The monoisotopic (exact) mass is 219 g/mol. The summed E-state index contributed by atoms with van der Waals surface area (Å²) in [6.45, 7) is 6.72. The molecule has 0 aliphatic carbocycles. The molecule has 1 unspecified atom stereocenters. The molecule has 0 bridgehead atoms. The molecular weight excluding hydrogens is 198 g/mol. The highest BCUT2D eigenvalue weighted by molar-refractivity contribution is 5.30. The number of hydrogen-bond acceptors (Lipinski definition) is 2. The molecule has 1 aliphatic rings. The summed E-state index contributed by atoms with van der Waals surface area (Å²) in [5.41, 5.74) is 10.2. The Kier molecular flexibility index (Phi) is 3.31. The first-order valence-corrected chi connectivity index (χ1v) is 5.99. The summed E-state index contributed by atoms with van der Waals surface area (Å²) in [5, 5.41) is 0. The molecular formula is C14H21NO. The topological polar surface area (TPSA) is 35.2 Å². The van der Waals surface area contributed by atoms with E-state index in [4.69, 9.17) is 10.5 Å². The van der Waals surface area contributed by atoms with Crippen molar-refractivity contribution in [2.45, 2.75) is 26.7 Å². The minimum Gasteiger partial charge on any atom is -0.381 e. The van der Waals surface area contributed by atoms with E-state index in [2.05, 4.69) is 32.0 Å². The molecule has 2 rings (SSSR count). The summed E-state index contributed by atoms with van der Waals surface area (Å²) < 4.78 is 5.50. The highest BCUT2D eigenvalue weighted by Crippen LogP contribution is 2.31. The zero-order chi connectivity index (χ0) is 11.6. The van der Waals surface area contributed by atoms with E-state index in [0.29, 0.717) is 0 Å². The summed E-state index contributed by atoms with van der Waals surface area (Å²) in [6.07, 6.45) is 2.14. The summed E-state index contributed by atoms with van der Waals surface area (Å²) in [6, 6.07) is 6.70. The molecule has 0 amide bonds. The SMILES string of the molecule is Cc1ccc(CC2(CN)CCOC2)cc1C. The van der Waals surface area contributed by atoms with Crippen molar-refractivity contribution in [1.82, 2.24) is 0 Å². The second kappa shape index (κ2) is 4.56. The predicted octanol–water partition coefficient (Wildman–Crippen LogP) is 2.21. The van der Waals surface area contributed by atoms with Crippen LogP contribution in [0.4, 0.5) is 0 Å². The van der Waals surface area contributed by atoms with E-state index in [-0.39, 0.29) is 5.41 Å². The molecule has 1 atom stereocenters. The van der Waals surface area contributed by atoms with Gasteiger partial charge in [-0.25, -0.2) is 0 Å². The van der Waals surface area contributed by atoms with Gasteiger partial charge in [-0.2, -0.15) is 0 Å². The zero-order valence-corrected chi connectivity index (χ0v) is 10.3. The Morgan fingerprint density at radius 3 is 2.69 bits per heavy atom. The van der Waals surface area contributed by atoms with Crippen molar-refractivity contribution in [2.24, 2.45) is 11.1 Å². The van der Waals surface area contributed by atoms with Crippen LogP contribution in [-0.4, -0.2) is 19.8 Å². The van der Waals surface area contributed by atoms with E-state index in [1.807, 2.05) is 0 Å². The third kappa shape index (κ3) is 2.28. The normalized spacial score (nSPS) is 24.9. The first-order chi connectivity index (χ1) is 7.65. The van der Waals surface area contributed by atoms with Crippen molar-refractivity contribution in [1.29, 1.82) is 0 Å². The first-order valence-electron chi connectivity index (χ1n) is 5.99. The predicted molar refractivity (Wildman–Crippen MR) is 66.5 cm³/mol. The van der Waals surface area contributed by atoms with Crippen LogP contribution in [-0.2, 0) is 11.2 Å². The van der Waals surface area contributed by atoms with Crippen molar-refractivity contribution >= 4 is 0 Å². The number of rotatable bonds is 3. The zero-order valence-electron chi connectivity index (χ0n) is 10.3. The second-order valence-corrected chi connectivity index (χ2v) is 5.10. The van der Waals surface area contributed by atoms with Gasteiger partial charge in [0.05, 0.1) is 6.61 Å². The van der Waals surface area contributed by atoms with Gasteiger partial charge < -0.3 is 10.5 Å². The lowest BCUT2D eigenvalue weighted by Gasteiger charge is -2.25. The van der Waals surface area contributed by atoms with Gasteiger partial charge in [0.15, 0.2) is 0 Å². The molecule has 88 valence electrons. The van der Waals surface area contributed by atoms with Gasteiger partial charge in [0, 0.05) is 18.6 Å². The molecule has 2 nitrogen and oxygen atoms in total. The fourth-order valence-corrected chi connectivity index (χ4v) is 2.37. The number of nitrogens with two attached hydrogens (primary N) is 1. The van der Waals surface area contributed by atoms with Gasteiger partial charge in [-0.1, -0.05) is 18.2 Å². The summed E-state index contributed by atoms with van der Waals surface area (Å²) in [7, 11) is 0. The molecule has 2 heteroatoms. The van der Waals surface area contributed by atoms with Crippen molar-refractivity contribution in [2.75, 3.05) is 19.8 Å². The van der Waals surface area contributed by atoms with E-state index >= 15 is 0 Å². The number of hydrogen-bond donors (Lipinski definition) is 1. The maximum absolute atomic E-state index is 5.90. The molecule has 0 spiro atoms. The third-order valence-corrected chi connectivity index (χ3v) is 3.77. The quantitative estimate of drug-likeness (QED) is 0.846. The van der Waals surface area contributed by atoms with E-state index < -0.39 is 0 Å². The molecule has 1 saturated heterocycles. The van der Waals surface area contributed by atoms with Gasteiger partial charge in [0.2, 0.25) is 0 Å². The molecule has 16 heavy (non-hydrogen) atoms. The Balaban J connectivity index is 2.16. The Morgan fingerprint density at radius 2 is 2.12 bits per heavy atom. The molecule has 2 N–H and O–H groups in total. The van der Waals surface area contributed by atoms with Gasteiger partial charge in [-0.15, -0.1) is 0 Å². The van der Waals surface area contributed by atoms with Crippen LogP contribution in [0, 0.1) is 19.3 Å². The maximum Gasteiger partial charge on any atom is 0.0538 e. The average molecular weight is 219 g/mol. The van der Waals surface area contributed by atoms with Crippen LogP contribution in [0.3, 0.4) is 0 Å². The lowest BCUT2D eigenvalue weighted by Crippen LogP contribution is -2.33. The number of benzene rings is 1. The van der Waals surface area contributed by atoms with Gasteiger partial charge in [-0.3, -0.25) is 0 Å². The Bertz CT molecular complexity index is 367. The highest BCUT2D eigenvalue weighted by Gasteiger charge is 2.33. The van der Waals surface area contributed by atoms with Crippen LogP contribution in [0.15, 0.2) is 18.2 Å². The van der Waals surface area contributed by atoms with Crippen molar-refractivity contribution in [3.63, 3.8) is 0 Å². The molecule has 0 radical (unpaired) electrons. The van der Waals surface area contributed by atoms with Crippen LogP contribution >= 0.6 is 0 Å². The second-order valence-electron chi connectivity index (χ2n) is 5.10. The first kappa shape index (κ1) is 11.6.